The van der Waals surface area contributed by atoms with Crippen molar-refractivity contribution >= 4 is 43.6 Å². The number of fused-ring (bicyclic) bond motifs is 6. The van der Waals surface area contributed by atoms with Crippen molar-refractivity contribution in [2.45, 2.75) is 0 Å². The average molecular weight is 817 g/mol. The lowest BCUT2D eigenvalue weighted by molar-refractivity contribution is 1.09. The van der Waals surface area contributed by atoms with Crippen molar-refractivity contribution in [1.82, 2.24) is 24.1 Å². The van der Waals surface area contributed by atoms with E-state index in [4.69, 9.17) is 15.0 Å². The molecule has 0 amide bonds. The molecule has 0 aliphatic heterocycles. The van der Waals surface area contributed by atoms with Gasteiger partial charge in [-0.1, -0.05) is 133 Å². The van der Waals surface area contributed by atoms with Gasteiger partial charge in [-0.3, -0.25) is 15.0 Å². The van der Waals surface area contributed by atoms with Crippen molar-refractivity contribution in [2.75, 3.05) is 0 Å². The molecule has 5 aromatic heterocycles. The number of pyridine rings is 3. The van der Waals surface area contributed by atoms with E-state index in [9.17, 15) is 5.26 Å². The number of nitriles is 1. The summed E-state index contributed by atoms with van der Waals surface area (Å²) >= 11 is 0. The zero-order chi connectivity index (χ0) is 42.6. The van der Waals surface area contributed by atoms with Crippen LogP contribution in [0, 0.1) is 11.3 Å². The molecule has 0 fully saturated rings. The van der Waals surface area contributed by atoms with Crippen molar-refractivity contribution in [3.8, 4) is 73.3 Å². The molecule has 0 unspecified atom stereocenters. The molecule has 64 heavy (non-hydrogen) atoms. The normalized spacial score (nSPS) is 11.4. The van der Waals surface area contributed by atoms with Gasteiger partial charge >= 0.3 is 0 Å². The Morgan fingerprint density at radius 1 is 0.344 bits per heavy atom. The Hall–Kier alpha value is -8.92. The van der Waals surface area contributed by atoms with E-state index in [1.807, 2.05) is 79.4 Å². The molecular weight excluding hydrogens is 781 g/mol. The van der Waals surface area contributed by atoms with E-state index >= 15 is 0 Å². The van der Waals surface area contributed by atoms with Gasteiger partial charge in [-0.25, -0.2) is 0 Å². The van der Waals surface area contributed by atoms with Crippen molar-refractivity contribution in [2.24, 2.45) is 0 Å². The molecule has 6 nitrogen and oxygen atoms in total. The molecule has 12 aromatic rings. The molecule has 0 saturated heterocycles. The summed E-state index contributed by atoms with van der Waals surface area (Å²) in [5.41, 5.74) is 16.8. The summed E-state index contributed by atoms with van der Waals surface area (Å²) in [7, 11) is 0. The summed E-state index contributed by atoms with van der Waals surface area (Å²) in [6.45, 7) is 0. The quantitative estimate of drug-likeness (QED) is 0.161. The monoisotopic (exact) mass is 816 g/mol. The molecule has 0 aliphatic rings. The topological polar surface area (TPSA) is 72.3 Å². The molecule has 298 valence electrons. The molecule has 0 spiro atoms. The Morgan fingerprint density at radius 2 is 0.797 bits per heavy atom. The maximum atomic E-state index is 10.2. The van der Waals surface area contributed by atoms with Gasteiger partial charge in [-0.2, -0.15) is 5.26 Å². The zero-order valence-electron chi connectivity index (χ0n) is 34.5. The standard InChI is InChI=1S/C58H36N6/c59-33-38-12-11-17-43(30-38)58-56(63-52-20-9-7-18-46(52)48-31-41(24-28-54(48)63)44-22-26-50(61-34-44)39-13-3-1-4-14-39)36-60-37-57(58)64-53-21-10-8-19-47(53)49-32-42(25-29-55(49)64)45-23-27-51(62-35-45)40-15-5-2-6-16-40/h1-32,34-37H. The second-order valence-corrected chi connectivity index (χ2v) is 16.0. The maximum absolute atomic E-state index is 10.2. The number of para-hydroxylation sites is 2. The van der Waals surface area contributed by atoms with Crippen LogP contribution in [0.2, 0.25) is 0 Å². The number of aromatic nitrogens is 5. The minimum Gasteiger partial charge on any atom is -0.307 e. The number of hydrogen-bond acceptors (Lipinski definition) is 4. The first kappa shape index (κ1) is 36.9. The summed E-state index contributed by atoms with van der Waals surface area (Å²) < 4.78 is 4.66. The second-order valence-electron chi connectivity index (χ2n) is 16.0. The Kier molecular flexibility index (Phi) is 8.77. The van der Waals surface area contributed by atoms with Crippen LogP contribution < -0.4 is 0 Å². The Morgan fingerprint density at radius 3 is 1.28 bits per heavy atom. The van der Waals surface area contributed by atoms with Gasteiger partial charge in [0.05, 0.1) is 68.9 Å². The SMILES string of the molecule is N#Cc1cccc(-c2c(-n3c4ccccc4c4cc(-c5ccc(-c6ccccc6)nc5)ccc43)cncc2-n2c3ccccc3c3cc(-c4ccc(-c5ccccc5)nc4)ccc32)c1. The Bertz CT molecular complexity index is 3550. The van der Waals surface area contributed by atoms with Crippen LogP contribution in [0.15, 0.2) is 219 Å². The predicted molar refractivity (Wildman–Crippen MR) is 260 cm³/mol. The van der Waals surface area contributed by atoms with E-state index in [1.165, 1.54) is 0 Å². The molecule has 0 bridgehead atoms. The van der Waals surface area contributed by atoms with E-state index in [2.05, 4.69) is 155 Å². The highest BCUT2D eigenvalue weighted by atomic mass is 15.0. The highest BCUT2D eigenvalue weighted by molar-refractivity contribution is 6.13. The summed E-state index contributed by atoms with van der Waals surface area (Å²) in [5.74, 6) is 0. The average Bonchev–Trinajstić information content (AvgIpc) is 3.89. The summed E-state index contributed by atoms with van der Waals surface area (Å²) in [4.78, 5) is 14.7. The lowest BCUT2D eigenvalue weighted by Crippen LogP contribution is -2.05. The van der Waals surface area contributed by atoms with Crippen LogP contribution >= 0.6 is 0 Å². The first-order valence-corrected chi connectivity index (χ1v) is 21.3. The van der Waals surface area contributed by atoms with Crippen molar-refractivity contribution in [3.05, 3.63) is 224 Å². The van der Waals surface area contributed by atoms with Crippen molar-refractivity contribution in [1.29, 1.82) is 5.26 Å². The fraction of sp³-hybridized carbons (Fsp3) is 0. The molecular formula is C58H36N6. The fourth-order valence-corrected chi connectivity index (χ4v) is 9.33. The smallest absolute Gasteiger partial charge is 0.0991 e. The Balaban J connectivity index is 1.05. The van der Waals surface area contributed by atoms with Crippen molar-refractivity contribution < 1.29 is 0 Å². The Labute approximate surface area is 369 Å². The van der Waals surface area contributed by atoms with Gasteiger partial charge in [0.1, 0.15) is 0 Å². The minimum atomic E-state index is 0.587. The van der Waals surface area contributed by atoms with E-state index in [0.717, 1.165) is 111 Å². The van der Waals surface area contributed by atoms with E-state index in [1.54, 1.807) is 0 Å². The molecule has 0 saturated carbocycles. The van der Waals surface area contributed by atoms with Gasteiger partial charge in [0.15, 0.2) is 0 Å². The molecule has 0 N–H and O–H groups in total. The predicted octanol–water partition coefficient (Wildman–Crippen LogP) is 14.3. The molecule has 12 rings (SSSR count). The minimum absolute atomic E-state index is 0.587. The highest BCUT2D eigenvalue weighted by Crippen LogP contribution is 2.43. The molecule has 0 radical (unpaired) electrons. The number of hydrogen-bond donors (Lipinski definition) is 0. The second kappa shape index (κ2) is 15.2. The van der Waals surface area contributed by atoms with Gasteiger partial charge in [0.2, 0.25) is 0 Å². The zero-order valence-corrected chi connectivity index (χ0v) is 34.5. The van der Waals surface area contributed by atoms with Crippen LogP contribution in [0.3, 0.4) is 0 Å². The lowest BCUT2D eigenvalue weighted by Gasteiger charge is -2.19. The van der Waals surface area contributed by atoms with Gasteiger partial charge in [-0.15, -0.1) is 0 Å². The summed E-state index contributed by atoms with van der Waals surface area (Å²) in [6, 6.07) is 69.7. The first-order chi connectivity index (χ1) is 31.7. The molecule has 0 atom stereocenters. The third kappa shape index (κ3) is 6.14. The maximum Gasteiger partial charge on any atom is 0.0991 e. The van der Waals surface area contributed by atoms with Crippen LogP contribution in [-0.2, 0) is 0 Å². The van der Waals surface area contributed by atoms with E-state index in [0.29, 0.717) is 5.56 Å². The van der Waals surface area contributed by atoms with Gasteiger partial charge in [0, 0.05) is 61.8 Å². The molecule has 0 aliphatic carbocycles. The lowest BCUT2D eigenvalue weighted by atomic mass is 10.00. The van der Waals surface area contributed by atoms with Crippen LogP contribution in [0.5, 0.6) is 0 Å². The highest BCUT2D eigenvalue weighted by Gasteiger charge is 2.23. The van der Waals surface area contributed by atoms with Crippen molar-refractivity contribution in [3.63, 3.8) is 0 Å². The number of benzene rings is 7. The third-order valence-electron chi connectivity index (χ3n) is 12.3. The van der Waals surface area contributed by atoms with Gasteiger partial charge in [0.25, 0.3) is 0 Å². The van der Waals surface area contributed by atoms with Gasteiger partial charge < -0.3 is 9.13 Å². The van der Waals surface area contributed by atoms with Gasteiger partial charge in [-0.05, 0) is 77.4 Å². The first-order valence-electron chi connectivity index (χ1n) is 21.3. The molecule has 5 heterocycles. The van der Waals surface area contributed by atoms with Crippen LogP contribution in [0.1, 0.15) is 5.56 Å². The summed E-state index contributed by atoms with van der Waals surface area (Å²) in [6.07, 6.45) is 7.84. The fourth-order valence-electron chi connectivity index (χ4n) is 9.33. The largest absolute Gasteiger partial charge is 0.307 e. The van der Waals surface area contributed by atoms with E-state index in [-0.39, 0.29) is 0 Å². The van der Waals surface area contributed by atoms with Crippen LogP contribution in [-0.4, -0.2) is 24.1 Å². The van der Waals surface area contributed by atoms with Crippen LogP contribution in [0.25, 0.3) is 111 Å². The molecule has 7 aromatic carbocycles. The van der Waals surface area contributed by atoms with Crippen LogP contribution in [0.4, 0.5) is 0 Å². The molecule has 6 heteroatoms. The number of nitrogens with zero attached hydrogens (tertiary/aromatic N) is 6. The number of rotatable bonds is 7. The summed E-state index contributed by atoms with van der Waals surface area (Å²) in [5, 5.41) is 14.7. The van der Waals surface area contributed by atoms with E-state index < -0.39 is 0 Å². The third-order valence-corrected chi connectivity index (χ3v) is 12.3.